The summed E-state index contributed by atoms with van der Waals surface area (Å²) in [5.74, 6) is 0.250. The molecule has 0 N–H and O–H groups in total. The first-order chi connectivity index (χ1) is 11.9. The predicted molar refractivity (Wildman–Crippen MR) is 105 cm³/mol. The van der Waals surface area contributed by atoms with Crippen molar-refractivity contribution < 1.29 is 9.31 Å². The van der Waals surface area contributed by atoms with Crippen LogP contribution in [0, 0.1) is 11.3 Å². The Morgan fingerprint density at radius 3 is 2.04 bits per heavy atom. The monoisotopic (exact) mass is 336 g/mol. The minimum atomic E-state index is -0.409. The third-order valence-electron chi connectivity index (χ3n) is 5.58. The molecule has 1 aliphatic heterocycles. The summed E-state index contributed by atoms with van der Waals surface area (Å²) in [4.78, 5) is 0. The summed E-state index contributed by atoms with van der Waals surface area (Å²) in [6.07, 6.45) is 1.12. The first kappa shape index (κ1) is 18.2. The van der Waals surface area contributed by atoms with E-state index in [0.717, 1.165) is 11.9 Å². The molecule has 1 saturated heterocycles. The quantitative estimate of drug-likeness (QED) is 0.751. The molecule has 2 nitrogen and oxygen atoms in total. The van der Waals surface area contributed by atoms with Gasteiger partial charge >= 0.3 is 7.12 Å². The van der Waals surface area contributed by atoms with Gasteiger partial charge in [-0.1, -0.05) is 95.3 Å². The molecule has 3 rings (SSSR count). The first-order valence-electron chi connectivity index (χ1n) is 9.34. The fraction of sp³-hybridized carbons (Fsp3) is 0.455. The van der Waals surface area contributed by atoms with Gasteiger partial charge in [-0.25, -0.2) is 0 Å². The van der Waals surface area contributed by atoms with Crippen LogP contribution in [-0.2, 0) is 14.9 Å². The largest absolute Gasteiger partial charge is 0.494 e. The average Bonchev–Trinajstić information content (AvgIpc) is 2.62. The SMILES string of the molecule is CC[C@@H]1OB(c2ccccc2)O[C@@](c2ccccc2)(C(C)(C)C)[C@@H]1C. The fourth-order valence-electron chi connectivity index (χ4n) is 4.36. The molecule has 2 aromatic carbocycles. The van der Waals surface area contributed by atoms with E-state index in [1.54, 1.807) is 0 Å². The van der Waals surface area contributed by atoms with Crippen LogP contribution in [0.5, 0.6) is 0 Å². The van der Waals surface area contributed by atoms with E-state index in [2.05, 4.69) is 77.1 Å². The zero-order valence-electron chi connectivity index (χ0n) is 16.0. The van der Waals surface area contributed by atoms with Crippen LogP contribution >= 0.6 is 0 Å². The van der Waals surface area contributed by atoms with E-state index in [9.17, 15) is 0 Å². The van der Waals surface area contributed by atoms with Gasteiger partial charge in [0.1, 0.15) is 0 Å². The summed E-state index contributed by atoms with van der Waals surface area (Å²) in [7, 11) is -0.346. The van der Waals surface area contributed by atoms with Crippen molar-refractivity contribution in [1.29, 1.82) is 0 Å². The normalized spacial score (nSPS) is 27.3. The molecule has 0 unspecified atom stereocenters. The van der Waals surface area contributed by atoms with Crippen molar-refractivity contribution in [2.45, 2.75) is 52.7 Å². The van der Waals surface area contributed by atoms with Crippen LogP contribution < -0.4 is 5.46 Å². The second-order valence-electron chi connectivity index (χ2n) is 8.08. The zero-order valence-corrected chi connectivity index (χ0v) is 16.0. The molecule has 132 valence electrons. The van der Waals surface area contributed by atoms with E-state index in [1.807, 2.05) is 18.2 Å². The molecular weight excluding hydrogens is 307 g/mol. The topological polar surface area (TPSA) is 18.5 Å². The molecule has 1 heterocycles. The zero-order chi connectivity index (χ0) is 18.1. The van der Waals surface area contributed by atoms with Crippen LogP contribution in [0.4, 0.5) is 0 Å². The molecule has 0 radical (unpaired) electrons. The van der Waals surface area contributed by atoms with Gasteiger partial charge in [-0.2, -0.15) is 0 Å². The van der Waals surface area contributed by atoms with Gasteiger partial charge in [-0.3, -0.25) is 0 Å². The molecule has 0 spiro atoms. The number of benzene rings is 2. The lowest BCUT2D eigenvalue weighted by molar-refractivity contribution is -0.164. The Morgan fingerprint density at radius 2 is 1.52 bits per heavy atom. The Hall–Kier alpha value is -1.58. The van der Waals surface area contributed by atoms with Crippen molar-refractivity contribution >= 4 is 12.6 Å². The molecule has 3 atom stereocenters. The molecule has 0 aromatic heterocycles. The Balaban J connectivity index is 2.14. The highest BCUT2D eigenvalue weighted by Gasteiger charge is 2.56. The molecule has 25 heavy (non-hydrogen) atoms. The molecule has 0 amide bonds. The van der Waals surface area contributed by atoms with Gasteiger partial charge in [-0.05, 0) is 22.9 Å². The van der Waals surface area contributed by atoms with Gasteiger partial charge in [0.05, 0.1) is 5.60 Å². The van der Waals surface area contributed by atoms with Crippen LogP contribution in [0.3, 0.4) is 0 Å². The molecule has 2 aromatic rings. The van der Waals surface area contributed by atoms with Crippen LogP contribution in [0.1, 0.15) is 46.6 Å². The van der Waals surface area contributed by atoms with E-state index in [0.29, 0.717) is 0 Å². The maximum absolute atomic E-state index is 6.83. The highest BCUT2D eigenvalue weighted by Crippen LogP contribution is 2.52. The van der Waals surface area contributed by atoms with E-state index in [-0.39, 0.29) is 24.6 Å². The molecule has 0 bridgehead atoms. The van der Waals surface area contributed by atoms with Gasteiger partial charge in [0, 0.05) is 12.0 Å². The standard InChI is InChI=1S/C22H29BO2/c1-6-20-17(2)22(21(3,4)5,18-13-9-7-10-14-18)25-23(24-20)19-15-11-8-12-16-19/h7-17,20H,6H2,1-5H3/t17-,20+,22+/m1/s1. The van der Waals surface area contributed by atoms with Crippen molar-refractivity contribution in [3.05, 3.63) is 66.2 Å². The molecule has 1 aliphatic rings. The lowest BCUT2D eigenvalue weighted by Crippen LogP contribution is -2.62. The van der Waals surface area contributed by atoms with Crippen molar-refractivity contribution in [3.8, 4) is 0 Å². The Kier molecular flexibility index (Phi) is 5.08. The van der Waals surface area contributed by atoms with E-state index in [4.69, 9.17) is 9.31 Å². The van der Waals surface area contributed by atoms with E-state index >= 15 is 0 Å². The van der Waals surface area contributed by atoms with Gasteiger partial charge < -0.3 is 9.31 Å². The second kappa shape index (κ2) is 6.97. The van der Waals surface area contributed by atoms with E-state index in [1.165, 1.54) is 5.56 Å². The predicted octanol–water partition coefficient (Wildman–Crippen LogP) is 4.78. The summed E-state index contributed by atoms with van der Waals surface area (Å²) < 4.78 is 13.2. The van der Waals surface area contributed by atoms with Crippen molar-refractivity contribution in [1.82, 2.24) is 0 Å². The summed E-state index contributed by atoms with van der Waals surface area (Å²) in [5.41, 5.74) is 1.83. The molecule has 3 heteroatoms. The van der Waals surface area contributed by atoms with Gasteiger partial charge in [0.25, 0.3) is 0 Å². The molecule has 1 fully saturated rings. The van der Waals surface area contributed by atoms with Crippen molar-refractivity contribution in [3.63, 3.8) is 0 Å². The molecule has 0 aliphatic carbocycles. The lowest BCUT2D eigenvalue weighted by atomic mass is 9.60. The third-order valence-corrected chi connectivity index (χ3v) is 5.58. The third kappa shape index (κ3) is 3.16. The maximum atomic E-state index is 6.83. The Labute approximate surface area is 152 Å². The number of hydrogen-bond donors (Lipinski definition) is 0. The summed E-state index contributed by atoms with van der Waals surface area (Å²) in [6, 6.07) is 21.0. The van der Waals surface area contributed by atoms with Gasteiger partial charge in [0.2, 0.25) is 0 Å². The number of hydrogen-bond acceptors (Lipinski definition) is 2. The number of rotatable bonds is 3. The highest BCUT2D eigenvalue weighted by molar-refractivity contribution is 6.61. The average molecular weight is 336 g/mol. The first-order valence-corrected chi connectivity index (χ1v) is 9.34. The van der Waals surface area contributed by atoms with Gasteiger partial charge in [-0.15, -0.1) is 0 Å². The van der Waals surface area contributed by atoms with Crippen LogP contribution in [0.15, 0.2) is 60.7 Å². The Bertz CT molecular complexity index is 680. The minimum absolute atomic E-state index is 0.0714. The minimum Gasteiger partial charge on any atom is -0.404 e. The van der Waals surface area contributed by atoms with Crippen molar-refractivity contribution in [2.24, 2.45) is 11.3 Å². The lowest BCUT2D eigenvalue weighted by Gasteiger charge is -2.56. The summed E-state index contributed by atoms with van der Waals surface area (Å²) in [6.45, 7) is 11.3. The maximum Gasteiger partial charge on any atom is 0.494 e. The molecule has 0 saturated carbocycles. The van der Waals surface area contributed by atoms with Crippen LogP contribution in [0.2, 0.25) is 0 Å². The highest BCUT2D eigenvalue weighted by atomic mass is 16.6. The van der Waals surface area contributed by atoms with Crippen LogP contribution in [-0.4, -0.2) is 13.2 Å². The fourth-order valence-corrected chi connectivity index (χ4v) is 4.36. The summed E-state index contributed by atoms with van der Waals surface area (Å²) in [5, 5.41) is 0. The smallest absolute Gasteiger partial charge is 0.404 e. The molecular formula is C22H29BO2. The Morgan fingerprint density at radius 1 is 0.960 bits per heavy atom. The van der Waals surface area contributed by atoms with Gasteiger partial charge in [0.15, 0.2) is 0 Å². The summed E-state index contributed by atoms with van der Waals surface area (Å²) >= 11 is 0. The van der Waals surface area contributed by atoms with Crippen molar-refractivity contribution in [2.75, 3.05) is 0 Å². The second-order valence-corrected chi connectivity index (χ2v) is 8.08. The van der Waals surface area contributed by atoms with Crippen LogP contribution in [0.25, 0.3) is 0 Å². The van der Waals surface area contributed by atoms with E-state index < -0.39 is 5.60 Å².